The smallest absolute Gasteiger partial charge is 0.157 e. The van der Waals surface area contributed by atoms with Crippen molar-refractivity contribution in [1.29, 1.82) is 0 Å². The molecule has 5 nitrogen and oxygen atoms in total. The van der Waals surface area contributed by atoms with Gasteiger partial charge in [0, 0.05) is 12.5 Å². The van der Waals surface area contributed by atoms with Crippen molar-refractivity contribution < 1.29 is 4.74 Å². The quantitative estimate of drug-likeness (QED) is 0.664. The van der Waals surface area contributed by atoms with Crippen LogP contribution in [0.4, 0.5) is 0 Å². The first kappa shape index (κ1) is 8.65. The summed E-state index contributed by atoms with van der Waals surface area (Å²) in [5, 5.41) is 7.00. The van der Waals surface area contributed by atoms with Gasteiger partial charge in [0.1, 0.15) is 5.82 Å². The maximum absolute atomic E-state index is 5.84. The molecule has 0 bridgehead atoms. The van der Waals surface area contributed by atoms with Gasteiger partial charge in [-0.15, -0.1) is 0 Å². The summed E-state index contributed by atoms with van der Waals surface area (Å²) >= 11 is 0. The Morgan fingerprint density at radius 1 is 1.62 bits per heavy atom. The molecule has 0 aliphatic carbocycles. The van der Waals surface area contributed by atoms with Gasteiger partial charge in [0.25, 0.3) is 0 Å². The van der Waals surface area contributed by atoms with Gasteiger partial charge in [-0.3, -0.25) is 5.10 Å². The van der Waals surface area contributed by atoms with E-state index >= 15 is 0 Å². The molecule has 1 aromatic rings. The van der Waals surface area contributed by atoms with Crippen molar-refractivity contribution in [2.24, 2.45) is 5.73 Å². The lowest BCUT2D eigenvalue weighted by atomic mass is 10.0. The van der Waals surface area contributed by atoms with Crippen LogP contribution in [0.5, 0.6) is 0 Å². The van der Waals surface area contributed by atoms with Crippen molar-refractivity contribution in [2.75, 3.05) is 13.2 Å². The van der Waals surface area contributed by atoms with Gasteiger partial charge in [0.2, 0.25) is 0 Å². The average Bonchev–Trinajstić information content (AvgIpc) is 2.71. The molecule has 2 unspecified atom stereocenters. The summed E-state index contributed by atoms with van der Waals surface area (Å²) in [6.07, 6.45) is 0.871. The number of hydrogen-bond donors (Lipinski definition) is 2. The summed E-state index contributed by atoms with van der Waals surface area (Å²) in [7, 11) is 0. The van der Waals surface area contributed by atoms with Gasteiger partial charge in [-0.1, -0.05) is 6.92 Å². The molecule has 2 atom stereocenters. The third kappa shape index (κ3) is 1.57. The van der Waals surface area contributed by atoms with Crippen LogP contribution in [0.2, 0.25) is 0 Å². The van der Waals surface area contributed by atoms with Crippen molar-refractivity contribution in [2.45, 2.75) is 25.3 Å². The Hall–Kier alpha value is -0.940. The first-order chi connectivity index (χ1) is 6.31. The fourth-order valence-electron chi connectivity index (χ4n) is 1.47. The highest BCUT2D eigenvalue weighted by Gasteiger charge is 2.29. The van der Waals surface area contributed by atoms with Crippen molar-refractivity contribution in [3.8, 4) is 0 Å². The molecule has 0 spiro atoms. The molecule has 1 aliphatic rings. The molecule has 3 N–H and O–H groups in total. The van der Waals surface area contributed by atoms with Gasteiger partial charge in [-0.05, 0) is 0 Å². The predicted octanol–water partition coefficient (Wildman–Crippen LogP) is -0.192. The number of nitrogens with one attached hydrogen (secondary N) is 1. The molecule has 2 heterocycles. The van der Waals surface area contributed by atoms with Crippen LogP contribution in [0.1, 0.15) is 24.5 Å². The number of hydrogen-bond acceptors (Lipinski definition) is 4. The molecule has 0 aromatic carbocycles. The summed E-state index contributed by atoms with van der Waals surface area (Å²) in [6.45, 7) is 3.29. The molecule has 1 fully saturated rings. The lowest BCUT2D eigenvalue weighted by molar-refractivity contribution is 0.190. The summed E-state index contributed by atoms with van der Waals surface area (Å²) in [6, 6.07) is 0.0421. The number of H-pyrrole nitrogens is 1. The molecule has 0 amide bonds. The fraction of sp³-hybridized carbons (Fsp3) is 0.750. The van der Waals surface area contributed by atoms with Gasteiger partial charge >= 0.3 is 0 Å². The molecule has 2 rings (SSSR count). The standard InChI is InChI=1S/C8H14N4O/c1-2-7-10-8(12-11-7)5-3-13-4-6(5)9/h5-6H,2-4,9H2,1H3,(H,10,11,12). The number of aromatic nitrogens is 3. The molecule has 0 radical (unpaired) electrons. The Bertz CT molecular complexity index is 285. The Kier molecular flexibility index (Phi) is 2.28. The topological polar surface area (TPSA) is 76.8 Å². The summed E-state index contributed by atoms with van der Waals surface area (Å²) < 4.78 is 5.25. The van der Waals surface area contributed by atoms with E-state index in [-0.39, 0.29) is 12.0 Å². The normalized spacial score (nSPS) is 28.2. The molecule has 72 valence electrons. The first-order valence-electron chi connectivity index (χ1n) is 4.55. The molecule has 13 heavy (non-hydrogen) atoms. The summed E-state index contributed by atoms with van der Waals surface area (Å²) in [5.41, 5.74) is 5.84. The highest BCUT2D eigenvalue weighted by Crippen LogP contribution is 2.20. The molecular formula is C8H14N4O. The highest BCUT2D eigenvalue weighted by atomic mass is 16.5. The fourth-order valence-corrected chi connectivity index (χ4v) is 1.47. The molecular weight excluding hydrogens is 168 g/mol. The van der Waals surface area contributed by atoms with Crippen LogP contribution in [-0.4, -0.2) is 34.4 Å². The van der Waals surface area contributed by atoms with Crippen molar-refractivity contribution in [3.63, 3.8) is 0 Å². The Morgan fingerprint density at radius 2 is 2.46 bits per heavy atom. The summed E-state index contributed by atoms with van der Waals surface area (Å²) in [4.78, 5) is 4.33. The minimum atomic E-state index is 0.0421. The zero-order valence-corrected chi connectivity index (χ0v) is 7.66. The Labute approximate surface area is 76.7 Å². The van der Waals surface area contributed by atoms with Crippen molar-refractivity contribution in [1.82, 2.24) is 15.2 Å². The van der Waals surface area contributed by atoms with Crippen LogP contribution in [-0.2, 0) is 11.2 Å². The highest BCUT2D eigenvalue weighted by molar-refractivity contribution is 5.04. The number of nitrogens with two attached hydrogens (primary N) is 1. The molecule has 1 saturated heterocycles. The van der Waals surface area contributed by atoms with E-state index in [2.05, 4.69) is 15.2 Å². The zero-order valence-electron chi connectivity index (χ0n) is 7.66. The van der Waals surface area contributed by atoms with Crippen LogP contribution in [0.25, 0.3) is 0 Å². The maximum atomic E-state index is 5.84. The lowest BCUT2D eigenvalue weighted by Gasteiger charge is -2.07. The second-order valence-corrected chi connectivity index (χ2v) is 3.30. The van der Waals surface area contributed by atoms with E-state index in [0.717, 1.165) is 18.1 Å². The van der Waals surface area contributed by atoms with Crippen LogP contribution < -0.4 is 5.73 Å². The van der Waals surface area contributed by atoms with Gasteiger partial charge in [0.05, 0.1) is 19.1 Å². The second-order valence-electron chi connectivity index (χ2n) is 3.30. The number of ether oxygens (including phenoxy) is 1. The van der Waals surface area contributed by atoms with Crippen LogP contribution in [0, 0.1) is 0 Å². The zero-order chi connectivity index (χ0) is 9.26. The summed E-state index contributed by atoms with van der Waals surface area (Å²) in [5.74, 6) is 1.87. The largest absolute Gasteiger partial charge is 0.379 e. The van der Waals surface area contributed by atoms with Gasteiger partial charge in [0.15, 0.2) is 5.82 Å². The van der Waals surface area contributed by atoms with Gasteiger partial charge < -0.3 is 10.5 Å². The first-order valence-corrected chi connectivity index (χ1v) is 4.55. The Morgan fingerprint density at radius 3 is 3.00 bits per heavy atom. The monoisotopic (exact) mass is 182 g/mol. The van der Waals surface area contributed by atoms with E-state index in [1.165, 1.54) is 0 Å². The third-order valence-corrected chi connectivity index (χ3v) is 2.34. The minimum Gasteiger partial charge on any atom is -0.379 e. The maximum Gasteiger partial charge on any atom is 0.157 e. The van der Waals surface area contributed by atoms with Crippen LogP contribution in [0.15, 0.2) is 0 Å². The van der Waals surface area contributed by atoms with E-state index in [1.807, 2.05) is 6.92 Å². The van der Waals surface area contributed by atoms with E-state index in [4.69, 9.17) is 10.5 Å². The molecule has 1 aliphatic heterocycles. The second kappa shape index (κ2) is 3.43. The molecule has 1 aromatic heterocycles. The van der Waals surface area contributed by atoms with Gasteiger partial charge in [-0.25, -0.2) is 4.98 Å². The average molecular weight is 182 g/mol. The number of rotatable bonds is 2. The van der Waals surface area contributed by atoms with E-state index in [0.29, 0.717) is 13.2 Å². The van der Waals surface area contributed by atoms with Crippen LogP contribution >= 0.6 is 0 Å². The number of nitrogens with zero attached hydrogens (tertiary/aromatic N) is 2. The minimum absolute atomic E-state index is 0.0421. The Balaban J connectivity index is 2.15. The van der Waals surface area contributed by atoms with E-state index in [9.17, 15) is 0 Å². The third-order valence-electron chi connectivity index (χ3n) is 2.34. The number of aromatic amines is 1. The lowest BCUT2D eigenvalue weighted by Crippen LogP contribution is -2.27. The van der Waals surface area contributed by atoms with E-state index < -0.39 is 0 Å². The van der Waals surface area contributed by atoms with Crippen molar-refractivity contribution in [3.05, 3.63) is 11.6 Å². The molecule has 0 saturated carbocycles. The number of aryl methyl sites for hydroxylation is 1. The SMILES string of the molecule is CCc1nc(C2COCC2N)n[nH]1. The molecule has 5 heteroatoms. The van der Waals surface area contributed by atoms with E-state index in [1.54, 1.807) is 0 Å². The predicted molar refractivity (Wildman–Crippen MR) is 47.3 cm³/mol. The van der Waals surface area contributed by atoms with Gasteiger partial charge in [-0.2, -0.15) is 5.10 Å². The van der Waals surface area contributed by atoms with Crippen LogP contribution in [0.3, 0.4) is 0 Å². The van der Waals surface area contributed by atoms with Crippen molar-refractivity contribution >= 4 is 0 Å².